The van der Waals surface area contributed by atoms with Gasteiger partial charge in [0.05, 0.1) is 6.04 Å². The van der Waals surface area contributed by atoms with Crippen LogP contribution in [-0.4, -0.2) is 21.2 Å². The van der Waals surface area contributed by atoms with Gasteiger partial charge in [-0.25, -0.2) is 0 Å². The Balaban J connectivity index is 1.89. The van der Waals surface area contributed by atoms with E-state index in [0.717, 1.165) is 28.1 Å². The Bertz CT molecular complexity index is 911. The Morgan fingerprint density at radius 2 is 1.71 bits per heavy atom. The summed E-state index contributed by atoms with van der Waals surface area (Å²) in [7, 11) is 0. The van der Waals surface area contributed by atoms with E-state index >= 15 is 0 Å². The van der Waals surface area contributed by atoms with Gasteiger partial charge >= 0.3 is 0 Å². The second-order valence-corrected chi connectivity index (χ2v) is 6.12. The molecule has 5 nitrogen and oxygen atoms in total. The first kappa shape index (κ1) is 14.5. The number of hydrogen-bond donors (Lipinski definition) is 2. The molecule has 1 unspecified atom stereocenters. The second kappa shape index (κ2) is 5.23. The molecule has 1 aromatic heterocycles. The van der Waals surface area contributed by atoms with Crippen molar-refractivity contribution >= 4 is 11.6 Å². The Morgan fingerprint density at radius 1 is 1.04 bits per heavy atom. The van der Waals surface area contributed by atoms with Crippen molar-refractivity contribution in [2.75, 3.05) is 4.90 Å². The number of benzene rings is 2. The predicted molar refractivity (Wildman–Crippen MR) is 91.3 cm³/mol. The molecule has 5 heteroatoms. The molecule has 1 atom stereocenters. The maximum atomic E-state index is 12.9. The molecule has 0 saturated carbocycles. The Morgan fingerprint density at radius 3 is 2.38 bits per heavy atom. The third kappa shape index (κ3) is 2.09. The Hall–Kier alpha value is -3.08. The van der Waals surface area contributed by atoms with Crippen molar-refractivity contribution in [1.82, 2.24) is 10.2 Å². The average molecular weight is 319 g/mol. The smallest absolute Gasteiger partial charge is 0.279 e. The van der Waals surface area contributed by atoms with Gasteiger partial charge in [0.25, 0.3) is 5.91 Å². The highest BCUT2D eigenvalue weighted by molar-refractivity contribution is 6.10. The number of aromatic amines is 1. The van der Waals surface area contributed by atoms with Gasteiger partial charge in [-0.2, -0.15) is 5.10 Å². The maximum Gasteiger partial charge on any atom is 0.279 e. The third-order valence-corrected chi connectivity index (χ3v) is 4.47. The normalized spacial score (nSPS) is 16.5. The molecule has 120 valence electrons. The number of aromatic hydroxyl groups is 1. The molecule has 1 aliphatic heterocycles. The summed E-state index contributed by atoms with van der Waals surface area (Å²) in [6.45, 7) is 3.94. The van der Waals surface area contributed by atoms with Crippen LogP contribution in [0.3, 0.4) is 0 Å². The van der Waals surface area contributed by atoms with Crippen LogP contribution in [0.1, 0.15) is 38.9 Å². The highest BCUT2D eigenvalue weighted by Crippen LogP contribution is 2.42. The van der Waals surface area contributed by atoms with E-state index in [-0.39, 0.29) is 17.7 Å². The number of H-pyrrole nitrogens is 1. The molecule has 0 fully saturated rings. The number of amides is 1. The van der Waals surface area contributed by atoms with Gasteiger partial charge in [0.2, 0.25) is 0 Å². The summed E-state index contributed by atoms with van der Waals surface area (Å²) in [5.74, 6) is 0.0883. The number of nitrogens with zero attached hydrogens (tertiary/aromatic N) is 2. The molecule has 1 amide bonds. The molecule has 3 aromatic rings. The number of carbonyl (C=O) groups is 1. The topological polar surface area (TPSA) is 69.2 Å². The lowest BCUT2D eigenvalue weighted by atomic mass is 9.98. The van der Waals surface area contributed by atoms with Crippen molar-refractivity contribution in [3.05, 3.63) is 76.6 Å². The molecule has 0 saturated heterocycles. The number of rotatable bonds is 2. The van der Waals surface area contributed by atoms with E-state index < -0.39 is 0 Å². The summed E-state index contributed by atoms with van der Waals surface area (Å²) < 4.78 is 0. The standard InChI is InChI=1S/C19H17N3O2/c1-11-3-7-14(8-4-11)22-18(13-5-9-15(23)10-6-13)16-12(2)20-21-17(16)19(22)24/h3-10,18,23H,1-2H3,(H,20,21). The van der Waals surface area contributed by atoms with Crippen molar-refractivity contribution in [2.24, 2.45) is 0 Å². The van der Waals surface area contributed by atoms with E-state index in [9.17, 15) is 9.90 Å². The van der Waals surface area contributed by atoms with E-state index in [0.29, 0.717) is 5.69 Å². The largest absolute Gasteiger partial charge is 0.508 e. The summed E-state index contributed by atoms with van der Waals surface area (Å²) >= 11 is 0. The average Bonchev–Trinajstić information content (AvgIpc) is 3.09. The summed E-state index contributed by atoms with van der Waals surface area (Å²) in [4.78, 5) is 14.7. The zero-order valence-electron chi connectivity index (χ0n) is 13.4. The highest BCUT2D eigenvalue weighted by Gasteiger charge is 2.42. The van der Waals surface area contributed by atoms with Gasteiger partial charge in [-0.05, 0) is 43.7 Å². The zero-order valence-corrected chi connectivity index (χ0v) is 13.4. The van der Waals surface area contributed by atoms with Gasteiger partial charge in [0.1, 0.15) is 5.75 Å². The number of nitrogens with one attached hydrogen (secondary N) is 1. The number of anilines is 1. The lowest BCUT2D eigenvalue weighted by molar-refractivity contribution is 0.0988. The highest BCUT2D eigenvalue weighted by atomic mass is 16.3. The minimum absolute atomic E-state index is 0.115. The van der Waals surface area contributed by atoms with Crippen molar-refractivity contribution in [3.63, 3.8) is 0 Å². The van der Waals surface area contributed by atoms with Crippen LogP contribution in [0.15, 0.2) is 48.5 Å². The first-order valence-electron chi connectivity index (χ1n) is 7.80. The fourth-order valence-electron chi connectivity index (χ4n) is 3.24. The minimum atomic E-state index is -0.255. The van der Waals surface area contributed by atoms with Crippen LogP contribution in [0.2, 0.25) is 0 Å². The fourth-order valence-corrected chi connectivity index (χ4v) is 3.24. The number of phenolic OH excluding ortho intramolecular Hbond substituents is 1. The van der Waals surface area contributed by atoms with E-state index in [1.165, 1.54) is 0 Å². The first-order chi connectivity index (χ1) is 11.6. The monoisotopic (exact) mass is 319 g/mol. The number of aryl methyl sites for hydroxylation is 2. The molecule has 2 N–H and O–H groups in total. The molecule has 1 aliphatic rings. The number of aromatic nitrogens is 2. The van der Waals surface area contributed by atoms with E-state index in [2.05, 4.69) is 10.2 Å². The van der Waals surface area contributed by atoms with Crippen molar-refractivity contribution in [2.45, 2.75) is 19.9 Å². The maximum absolute atomic E-state index is 12.9. The second-order valence-electron chi connectivity index (χ2n) is 6.12. The van der Waals surface area contributed by atoms with Gasteiger partial charge in [-0.1, -0.05) is 29.8 Å². The SMILES string of the molecule is Cc1ccc(N2C(=O)c3n[nH]c(C)c3C2c2ccc(O)cc2)cc1. The van der Waals surface area contributed by atoms with E-state index in [1.807, 2.05) is 50.2 Å². The van der Waals surface area contributed by atoms with Gasteiger partial charge < -0.3 is 5.11 Å². The lowest BCUT2D eigenvalue weighted by Crippen LogP contribution is -2.29. The van der Waals surface area contributed by atoms with Crippen LogP contribution in [0.5, 0.6) is 5.75 Å². The molecule has 4 rings (SSSR count). The molecular weight excluding hydrogens is 302 g/mol. The molecule has 24 heavy (non-hydrogen) atoms. The van der Waals surface area contributed by atoms with Gasteiger partial charge in [0.15, 0.2) is 5.69 Å². The minimum Gasteiger partial charge on any atom is -0.508 e. The summed E-state index contributed by atoms with van der Waals surface area (Å²) in [5.41, 5.74) is 5.15. The molecule has 0 aliphatic carbocycles. The fraction of sp³-hybridized carbons (Fsp3) is 0.158. The van der Waals surface area contributed by atoms with Gasteiger partial charge in [-0.3, -0.25) is 14.8 Å². The molecule has 0 bridgehead atoms. The molecular formula is C19H17N3O2. The Kier molecular flexibility index (Phi) is 3.16. The van der Waals surface area contributed by atoms with Crippen LogP contribution in [0, 0.1) is 13.8 Å². The number of phenols is 1. The summed E-state index contributed by atoms with van der Waals surface area (Å²) in [6, 6.07) is 14.6. The number of hydrogen-bond acceptors (Lipinski definition) is 3. The van der Waals surface area contributed by atoms with Crippen LogP contribution in [0.4, 0.5) is 5.69 Å². The predicted octanol–water partition coefficient (Wildman–Crippen LogP) is 3.48. The zero-order chi connectivity index (χ0) is 16.8. The van der Waals surface area contributed by atoms with Crippen LogP contribution < -0.4 is 4.90 Å². The first-order valence-corrected chi connectivity index (χ1v) is 7.80. The summed E-state index contributed by atoms with van der Waals surface area (Å²) in [5, 5.41) is 16.7. The van der Waals surface area contributed by atoms with Crippen LogP contribution in [-0.2, 0) is 0 Å². The summed E-state index contributed by atoms with van der Waals surface area (Å²) in [6.07, 6.45) is 0. The molecule has 2 heterocycles. The number of carbonyl (C=O) groups excluding carboxylic acids is 1. The van der Waals surface area contributed by atoms with Crippen molar-refractivity contribution < 1.29 is 9.90 Å². The van der Waals surface area contributed by atoms with E-state index in [1.54, 1.807) is 17.0 Å². The molecule has 2 aromatic carbocycles. The van der Waals surface area contributed by atoms with Gasteiger partial charge in [-0.15, -0.1) is 0 Å². The molecule has 0 spiro atoms. The third-order valence-electron chi connectivity index (χ3n) is 4.47. The van der Waals surface area contributed by atoms with Crippen molar-refractivity contribution in [3.8, 4) is 5.75 Å². The lowest BCUT2D eigenvalue weighted by Gasteiger charge is -2.26. The van der Waals surface area contributed by atoms with Crippen molar-refractivity contribution in [1.29, 1.82) is 0 Å². The van der Waals surface area contributed by atoms with Crippen LogP contribution in [0.25, 0.3) is 0 Å². The van der Waals surface area contributed by atoms with Crippen LogP contribution >= 0.6 is 0 Å². The van der Waals surface area contributed by atoms with Gasteiger partial charge in [0, 0.05) is 16.9 Å². The number of fused-ring (bicyclic) bond motifs is 1. The Labute approximate surface area is 139 Å². The van der Waals surface area contributed by atoms with E-state index in [4.69, 9.17) is 0 Å². The molecule has 0 radical (unpaired) electrons. The quantitative estimate of drug-likeness (QED) is 0.760.